The van der Waals surface area contributed by atoms with Gasteiger partial charge in [0.25, 0.3) is 0 Å². The molecule has 1 heterocycles. The first-order valence-electron chi connectivity index (χ1n) is 8.48. The number of anilines is 1. The summed E-state index contributed by atoms with van der Waals surface area (Å²) >= 11 is 16.6. The minimum absolute atomic E-state index is 0.0487. The van der Waals surface area contributed by atoms with Crippen LogP contribution in [0, 0.1) is 17.3 Å². The third-order valence-electron chi connectivity index (χ3n) is 4.22. The van der Waals surface area contributed by atoms with E-state index < -0.39 is 0 Å². The van der Waals surface area contributed by atoms with Crippen molar-refractivity contribution in [3.05, 3.63) is 16.6 Å². The molecule has 1 fully saturated rings. The van der Waals surface area contributed by atoms with Crippen molar-refractivity contribution in [3.8, 4) is 11.8 Å². The summed E-state index contributed by atoms with van der Waals surface area (Å²) in [5, 5.41) is 5.52. The molecule has 10 heteroatoms. The zero-order valence-electron chi connectivity index (χ0n) is 15.5. The molecule has 1 aromatic heterocycles. The van der Waals surface area contributed by atoms with E-state index in [1.807, 2.05) is 27.7 Å². The van der Waals surface area contributed by atoms with Crippen LogP contribution in [0.4, 0.5) is 5.95 Å². The van der Waals surface area contributed by atoms with E-state index in [0.717, 1.165) is 0 Å². The predicted molar refractivity (Wildman–Crippen MR) is 109 cm³/mol. The van der Waals surface area contributed by atoms with Crippen molar-refractivity contribution in [3.63, 3.8) is 0 Å². The van der Waals surface area contributed by atoms with Gasteiger partial charge >= 0.3 is 0 Å². The Hall–Kier alpha value is -1.64. The molecule has 1 aliphatic carbocycles. The fraction of sp³-hybridized carbons (Fsp3) is 0.529. The number of carbonyl (C=O) groups is 1. The summed E-state index contributed by atoms with van der Waals surface area (Å²) in [5.74, 6) is 0.312. The maximum absolute atomic E-state index is 12.5. The highest BCUT2D eigenvalue weighted by Crippen LogP contribution is 2.59. The van der Waals surface area contributed by atoms with E-state index in [4.69, 9.17) is 44.9 Å². The zero-order chi connectivity index (χ0) is 20.2. The summed E-state index contributed by atoms with van der Waals surface area (Å²) in [4.78, 5) is 20.9. The van der Waals surface area contributed by atoms with Gasteiger partial charge in [-0.3, -0.25) is 4.79 Å². The van der Waals surface area contributed by atoms with Crippen molar-refractivity contribution in [2.24, 2.45) is 17.3 Å². The molecule has 2 N–H and O–H groups in total. The Labute approximate surface area is 173 Å². The average molecular weight is 433 g/mol. The molecule has 148 valence electrons. The molecule has 0 aliphatic heterocycles. The first kappa shape index (κ1) is 21.7. The largest absolute Gasteiger partial charge is 0.478 e. The lowest BCUT2D eigenvalue weighted by Crippen LogP contribution is -2.36. The van der Waals surface area contributed by atoms with Crippen LogP contribution < -0.4 is 20.1 Å². The quantitative estimate of drug-likeness (QED) is 0.635. The van der Waals surface area contributed by atoms with Gasteiger partial charge in [0, 0.05) is 0 Å². The first-order valence-corrected chi connectivity index (χ1v) is 9.64. The molecule has 27 heavy (non-hydrogen) atoms. The highest BCUT2D eigenvalue weighted by atomic mass is 35.5. The van der Waals surface area contributed by atoms with E-state index in [1.165, 1.54) is 0 Å². The topological polar surface area (TPSA) is 85.4 Å². The molecular formula is C17H22Cl2N4O3S. The number of carbonyl (C=O) groups excluding carboxylic acids is 1. The monoisotopic (exact) mass is 432 g/mol. The molecule has 1 aromatic rings. The number of rotatable bonds is 7. The molecule has 0 spiro atoms. The smallest absolute Gasteiger partial charge is 0.235 e. The molecule has 1 saturated carbocycles. The van der Waals surface area contributed by atoms with Crippen LogP contribution in [0.2, 0.25) is 0 Å². The number of hydrogen-bond donors (Lipinski definition) is 2. The van der Waals surface area contributed by atoms with Gasteiger partial charge in [0.1, 0.15) is 4.49 Å². The summed E-state index contributed by atoms with van der Waals surface area (Å²) in [7, 11) is 0. The molecule has 1 amide bonds. The van der Waals surface area contributed by atoms with E-state index in [-0.39, 0.29) is 38.7 Å². The van der Waals surface area contributed by atoms with Gasteiger partial charge in [-0.2, -0.15) is 9.97 Å². The van der Waals surface area contributed by atoms with Crippen molar-refractivity contribution < 1.29 is 14.3 Å². The number of halogens is 2. The Bertz CT molecular complexity index is 729. The Balaban J connectivity index is 2.03. The van der Waals surface area contributed by atoms with Crippen LogP contribution in [-0.4, -0.2) is 34.2 Å². The van der Waals surface area contributed by atoms with Gasteiger partial charge in [0.05, 0.1) is 25.2 Å². The molecule has 7 nitrogen and oxygen atoms in total. The molecule has 0 aromatic carbocycles. The van der Waals surface area contributed by atoms with E-state index in [9.17, 15) is 4.79 Å². The highest BCUT2D eigenvalue weighted by molar-refractivity contribution is 7.80. The van der Waals surface area contributed by atoms with Crippen LogP contribution >= 0.6 is 35.4 Å². The number of nitrogens with zero attached hydrogens (tertiary/aromatic N) is 2. The van der Waals surface area contributed by atoms with Crippen LogP contribution in [0.5, 0.6) is 11.8 Å². The van der Waals surface area contributed by atoms with E-state index in [0.29, 0.717) is 25.0 Å². The molecule has 0 saturated heterocycles. The molecule has 2 atom stereocenters. The van der Waals surface area contributed by atoms with Crippen LogP contribution in [0.3, 0.4) is 0 Å². The number of ether oxygens (including phenoxy) is 2. The minimum atomic E-state index is -0.278. The second kappa shape index (κ2) is 9.03. The van der Waals surface area contributed by atoms with Crippen LogP contribution in [0.15, 0.2) is 16.6 Å². The molecular weight excluding hydrogens is 411 g/mol. The second-order valence-corrected chi connectivity index (χ2v) is 7.87. The van der Waals surface area contributed by atoms with Crippen molar-refractivity contribution in [2.75, 3.05) is 18.5 Å². The first-order chi connectivity index (χ1) is 12.7. The van der Waals surface area contributed by atoms with E-state index in [2.05, 4.69) is 20.6 Å². The summed E-state index contributed by atoms with van der Waals surface area (Å²) in [6.07, 6.45) is 1.67. The van der Waals surface area contributed by atoms with Gasteiger partial charge < -0.3 is 20.1 Å². The van der Waals surface area contributed by atoms with E-state index >= 15 is 0 Å². The Morgan fingerprint density at radius 2 is 1.81 bits per heavy atom. The maximum Gasteiger partial charge on any atom is 0.235 e. The maximum atomic E-state index is 12.5. The van der Waals surface area contributed by atoms with Gasteiger partial charge in [-0.25, -0.2) is 0 Å². The number of thiocarbonyl (C=S) groups is 1. The number of aromatic nitrogens is 2. The summed E-state index contributed by atoms with van der Waals surface area (Å²) in [5.41, 5.74) is -0.248. The number of hydrogen-bond acceptors (Lipinski definition) is 6. The van der Waals surface area contributed by atoms with Gasteiger partial charge in [-0.15, -0.1) is 0 Å². The lowest BCUT2D eigenvalue weighted by molar-refractivity contribution is -0.121. The molecule has 0 radical (unpaired) electrons. The zero-order valence-corrected chi connectivity index (χ0v) is 17.8. The van der Waals surface area contributed by atoms with E-state index in [1.54, 1.807) is 12.1 Å². The standard InChI is InChI=1S/C17H22Cl2N4O3S/c1-5-25-11-8-12(26-6-2)21-15(20-11)23-16(27)22-14(24)13-9(7-10(18)19)17(13,3)4/h7-9,13H,5-6H2,1-4H3,(H2,20,21,22,23,24,27)/t9-,13+/m1/s1. The molecule has 0 bridgehead atoms. The number of amides is 1. The van der Waals surface area contributed by atoms with Gasteiger partial charge in [-0.1, -0.05) is 37.0 Å². The van der Waals surface area contributed by atoms with Gasteiger partial charge in [0.2, 0.25) is 23.6 Å². The Morgan fingerprint density at radius 1 is 1.26 bits per heavy atom. The fourth-order valence-corrected chi connectivity index (χ4v) is 3.31. The van der Waals surface area contributed by atoms with Crippen LogP contribution in [0.25, 0.3) is 0 Å². The van der Waals surface area contributed by atoms with Crippen molar-refractivity contribution in [1.29, 1.82) is 0 Å². The molecule has 2 rings (SSSR count). The predicted octanol–water partition coefficient (Wildman–Crippen LogP) is 3.68. The number of nitrogens with one attached hydrogen (secondary N) is 2. The summed E-state index contributed by atoms with van der Waals surface area (Å²) in [6, 6.07) is 1.58. The molecule has 0 unspecified atom stereocenters. The number of allylic oxidation sites excluding steroid dienone is 1. The van der Waals surface area contributed by atoms with Crippen LogP contribution in [-0.2, 0) is 4.79 Å². The van der Waals surface area contributed by atoms with Crippen molar-refractivity contribution in [2.45, 2.75) is 27.7 Å². The normalized spacial score (nSPS) is 19.6. The van der Waals surface area contributed by atoms with Gasteiger partial charge in [0.15, 0.2) is 5.11 Å². The van der Waals surface area contributed by atoms with Crippen molar-refractivity contribution >= 4 is 52.4 Å². The Kier molecular flexibility index (Phi) is 7.25. The lowest BCUT2D eigenvalue weighted by Gasteiger charge is -2.11. The summed E-state index contributed by atoms with van der Waals surface area (Å²) in [6.45, 7) is 8.50. The second-order valence-electron chi connectivity index (χ2n) is 6.46. The minimum Gasteiger partial charge on any atom is -0.478 e. The third kappa shape index (κ3) is 5.67. The van der Waals surface area contributed by atoms with Crippen molar-refractivity contribution in [1.82, 2.24) is 15.3 Å². The van der Waals surface area contributed by atoms with Crippen LogP contribution in [0.1, 0.15) is 27.7 Å². The third-order valence-corrected chi connectivity index (χ3v) is 4.68. The SMILES string of the molecule is CCOc1cc(OCC)nc(NC(=S)NC(=O)[C@@H]2[C@@H](C=C(Cl)Cl)C2(C)C)n1. The fourth-order valence-electron chi connectivity index (χ4n) is 2.85. The average Bonchev–Trinajstić information content (AvgIpc) is 3.07. The van der Waals surface area contributed by atoms with Gasteiger partial charge in [-0.05, 0) is 43.5 Å². The lowest BCUT2D eigenvalue weighted by atomic mass is 10.1. The highest BCUT2D eigenvalue weighted by Gasteiger charge is 2.60. The molecule has 1 aliphatic rings. The summed E-state index contributed by atoms with van der Waals surface area (Å²) < 4.78 is 10.9. The Morgan fingerprint density at radius 3 is 2.30 bits per heavy atom.